The van der Waals surface area contributed by atoms with Crippen LogP contribution in [0, 0.1) is 0 Å². The van der Waals surface area contributed by atoms with Gasteiger partial charge in [-0.1, -0.05) is 0 Å². The van der Waals surface area contributed by atoms with Gasteiger partial charge < -0.3 is 19.4 Å². The Morgan fingerprint density at radius 3 is 2.06 bits per heavy atom. The number of hydrogen-bond acceptors (Lipinski definition) is 3. The molecule has 2 saturated heterocycles. The highest BCUT2D eigenvalue weighted by Gasteiger charge is 2.25. The number of piperazine rings is 1. The van der Waals surface area contributed by atoms with Crippen LogP contribution in [-0.2, 0) is 9.53 Å². The fourth-order valence-electron chi connectivity index (χ4n) is 1.97. The van der Waals surface area contributed by atoms with Crippen molar-refractivity contribution in [1.82, 2.24) is 14.7 Å². The van der Waals surface area contributed by atoms with Crippen LogP contribution in [0.5, 0.6) is 0 Å². The minimum Gasteiger partial charge on any atom is -0.378 e. The predicted octanol–water partition coefficient (Wildman–Crippen LogP) is -0.787. The molecule has 3 amide bonds. The van der Waals surface area contributed by atoms with Crippen molar-refractivity contribution in [1.29, 1.82) is 0 Å². The quantitative estimate of drug-likeness (QED) is 0.552. The second kappa shape index (κ2) is 5.16. The van der Waals surface area contributed by atoms with Gasteiger partial charge in [-0.15, -0.1) is 0 Å². The lowest BCUT2D eigenvalue weighted by molar-refractivity contribution is -0.119. The third kappa shape index (κ3) is 2.44. The molecule has 16 heavy (non-hydrogen) atoms. The number of nitrogens with zero attached hydrogens (tertiary/aromatic N) is 3. The molecule has 2 heterocycles. The summed E-state index contributed by atoms with van der Waals surface area (Å²) in [5.41, 5.74) is 0. The van der Waals surface area contributed by atoms with Gasteiger partial charge in [0.15, 0.2) is 0 Å². The molecule has 0 aromatic carbocycles. The van der Waals surface area contributed by atoms with E-state index in [1.165, 1.54) is 0 Å². The minimum absolute atomic E-state index is 0.0776. The van der Waals surface area contributed by atoms with Gasteiger partial charge >= 0.3 is 6.03 Å². The Morgan fingerprint density at radius 1 is 0.938 bits per heavy atom. The predicted molar refractivity (Wildman–Crippen MR) is 57.0 cm³/mol. The number of hydrogen-bond donors (Lipinski definition) is 0. The molecular weight excluding hydrogens is 210 g/mol. The lowest BCUT2D eigenvalue weighted by atomic mass is 10.3. The third-order valence-electron chi connectivity index (χ3n) is 3.02. The highest BCUT2D eigenvalue weighted by atomic mass is 16.5. The van der Waals surface area contributed by atoms with E-state index in [9.17, 15) is 9.59 Å². The zero-order valence-corrected chi connectivity index (χ0v) is 9.30. The molecule has 6 heteroatoms. The summed E-state index contributed by atoms with van der Waals surface area (Å²) in [4.78, 5) is 27.9. The zero-order valence-electron chi connectivity index (χ0n) is 9.30. The second-order valence-electron chi connectivity index (χ2n) is 4.01. The maximum atomic E-state index is 12.0. The van der Waals surface area contributed by atoms with Crippen molar-refractivity contribution in [3.63, 3.8) is 0 Å². The summed E-state index contributed by atoms with van der Waals surface area (Å²) in [7, 11) is 0. The van der Waals surface area contributed by atoms with Gasteiger partial charge in [0.2, 0.25) is 6.41 Å². The molecule has 0 bridgehead atoms. The molecule has 0 saturated carbocycles. The topological polar surface area (TPSA) is 53.1 Å². The van der Waals surface area contributed by atoms with E-state index in [1.807, 2.05) is 9.80 Å². The summed E-state index contributed by atoms with van der Waals surface area (Å²) in [6.45, 7) is 5.14. The van der Waals surface area contributed by atoms with Crippen LogP contribution in [0.1, 0.15) is 0 Å². The Morgan fingerprint density at radius 2 is 1.50 bits per heavy atom. The average Bonchev–Trinajstić information content (AvgIpc) is 2.39. The molecule has 0 atom stereocenters. The zero-order chi connectivity index (χ0) is 11.4. The number of urea groups is 1. The molecule has 0 radical (unpaired) electrons. The molecule has 6 nitrogen and oxygen atoms in total. The second-order valence-corrected chi connectivity index (χ2v) is 4.01. The van der Waals surface area contributed by atoms with Crippen LogP contribution in [0.4, 0.5) is 4.79 Å². The van der Waals surface area contributed by atoms with Crippen molar-refractivity contribution in [3.8, 4) is 0 Å². The van der Waals surface area contributed by atoms with Gasteiger partial charge in [-0.05, 0) is 0 Å². The van der Waals surface area contributed by atoms with Crippen LogP contribution < -0.4 is 0 Å². The maximum absolute atomic E-state index is 12.0. The maximum Gasteiger partial charge on any atom is 0.320 e. The van der Waals surface area contributed by atoms with E-state index in [2.05, 4.69) is 0 Å². The van der Waals surface area contributed by atoms with Crippen molar-refractivity contribution < 1.29 is 14.3 Å². The van der Waals surface area contributed by atoms with Gasteiger partial charge in [-0.2, -0.15) is 0 Å². The van der Waals surface area contributed by atoms with Gasteiger partial charge in [-0.25, -0.2) is 4.79 Å². The number of carbonyl (C=O) groups excluding carboxylic acids is 2. The van der Waals surface area contributed by atoms with Gasteiger partial charge in [-0.3, -0.25) is 4.79 Å². The van der Waals surface area contributed by atoms with Gasteiger partial charge in [0.1, 0.15) is 0 Å². The summed E-state index contributed by atoms with van der Waals surface area (Å²) in [5, 5.41) is 0. The molecule has 2 aliphatic heterocycles. The molecule has 2 rings (SSSR count). The SMILES string of the molecule is O=CN1CCN(C(=O)N2CCOCC2)CC1. The van der Waals surface area contributed by atoms with Crippen molar-refractivity contribution in [2.24, 2.45) is 0 Å². The van der Waals surface area contributed by atoms with Crippen LogP contribution >= 0.6 is 0 Å². The summed E-state index contributed by atoms with van der Waals surface area (Å²) >= 11 is 0. The highest BCUT2D eigenvalue weighted by molar-refractivity contribution is 5.74. The van der Waals surface area contributed by atoms with E-state index in [-0.39, 0.29) is 6.03 Å². The third-order valence-corrected chi connectivity index (χ3v) is 3.02. The van der Waals surface area contributed by atoms with Crippen molar-refractivity contribution >= 4 is 12.4 Å². The Labute approximate surface area is 94.7 Å². The average molecular weight is 227 g/mol. The molecule has 2 fully saturated rings. The first-order valence-electron chi connectivity index (χ1n) is 5.62. The number of amides is 3. The van der Waals surface area contributed by atoms with Crippen LogP contribution in [-0.4, -0.2) is 79.6 Å². The van der Waals surface area contributed by atoms with Crippen LogP contribution in [0.15, 0.2) is 0 Å². The van der Waals surface area contributed by atoms with Gasteiger partial charge in [0.05, 0.1) is 13.2 Å². The Hall–Kier alpha value is -1.30. The molecular formula is C10H17N3O3. The van der Waals surface area contributed by atoms with E-state index >= 15 is 0 Å². The Balaban J connectivity index is 1.83. The normalized spacial score (nSPS) is 22.1. The number of morpholine rings is 1. The molecule has 0 N–H and O–H groups in total. The van der Waals surface area contributed by atoms with Crippen molar-refractivity contribution in [2.45, 2.75) is 0 Å². The molecule has 0 spiro atoms. The first kappa shape index (κ1) is 11.2. The first-order chi connectivity index (χ1) is 7.81. The van der Waals surface area contributed by atoms with Crippen molar-refractivity contribution in [3.05, 3.63) is 0 Å². The lowest BCUT2D eigenvalue weighted by Gasteiger charge is -2.37. The smallest absolute Gasteiger partial charge is 0.320 e. The van der Waals surface area contributed by atoms with E-state index in [1.54, 1.807) is 4.90 Å². The number of carbonyl (C=O) groups is 2. The van der Waals surface area contributed by atoms with Crippen LogP contribution in [0.2, 0.25) is 0 Å². The van der Waals surface area contributed by atoms with Crippen LogP contribution in [0.3, 0.4) is 0 Å². The number of rotatable bonds is 1. The summed E-state index contributed by atoms with van der Waals surface area (Å²) in [6, 6.07) is 0.0776. The minimum atomic E-state index is 0.0776. The van der Waals surface area contributed by atoms with E-state index in [0.717, 1.165) is 6.41 Å². The Kier molecular flexibility index (Phi) is 3.61. The van der Waals surface area contributed by atoms with E-state index in [4.69, 9.17) is 4.74 Å². The standard InChI is InChI=1S/C10H17N3O3/c14-9-11-1-3-12(4-2-11)10(15)13-5-7-16-8-6-13/h9H,1-8H2. The fourth-order valence-corrected chi connectivity index (χ4v) is 1.97. The summed E-state index contributed by atoms with van der Waals surface area (Å²) in [6.07, 6.45) is 0.844. The fraction of sp³-hybridized carbons (Fsp3) is 0.800. The molecule has 0 unspecified atom stereocenters. The molecule has 0 aromatic heterocycles. The molecule has 90 valence electrons. The van der Waals surface area contributed by atoms with E-state index in [0.29, 0.717) is 52.5 Å². The molecule has 0 aliphatic carbocycles. The number of ether oxygens (including phenoxy) is 1. The monoisotopic (exact) mass is 227 g/mol. The van der Waals surface area contributed by atoms with Gasteiger partial charge in [0, 0.05) is 39.3 Å². The largest absolute Gasteiger partial charge is 0.378 e. The van der Waals surface area contributed by atoms with Crippen LogP contribution in [0.25, 0.3) is 0 Å². The summed E-state index contributed by atoms with van der Waals surface area (Å²) in [5.74, 6) is 0. The summed E-state index contributed by atoms with van der Waals surface area (Å²) < 4.78 is 5.20. The van der Waals surface area contributed by atoms with Crippen molar-refractivity contribution in [2.75, 3.05) is 52.5 Å². The molecule has 0 aromatic rings. The Bertz CT molecular complexity index is 258. The first-order valence-corrected chi connectivity index (χ1v) is 5.62. The highest BCUT2D eigenvalue weighted by Crippen LogP contribution is 2.06. The molecule has 2 aliphatic rings. The lowest BCUT2D eigenvalue weighted by Crippen LogP contribution is -2.54. The van der Waals surface area contributed by atoms with E-state index < -0.39 is 0 Å². The van der Waals surface area contributed by atoms with Gasteiger partial charge in [0.25, 0.3) is 0 Å².